The highest BCUT2D eigenvalue weighted by Crippen LogP contribution is 2.15. The summed E-state index contributed by atoms with van der Waals surface area (Å²) in [5.74, 6) is -1.03. The molecule has 18 heavy (non-hydrogen) atoms. The number of hydrogen-bond donors (Lipinski definition) is 3. The minimum absolute atomic E-state index is 0.183. The molecule has 1 aromatic rings. The number of aliphatic hydroxyl groups excluding tert-OH is 1. The Kier molecular flexibility index (Phi) is 5.82. The van der Waals surface area contributed by atoms with Crippen molar-refractivity contribution in [2.45, 2.75) is 26.3 Å². The second-order valence-electron chi connectivity index (χ2n) is 4.72. The van der Waals surface area contributed by atoms with Crippen molar-refractivity contribution in [1.82, 2.24) is 5.32 Å². The number of hydrogen-bond acceptors (Lipinski definition) is 3. The molecule has 100 valence electrons. The highest BCUT2D eigenvalue weighted by atomic mass is 16.4. The summed E-state index contributed by atoms with van der Waals surface area (Å²) in [6.07, 6.45) is 0. The van der Waals surface area contributed by atoms with Gasteiger partial charge in [-0.2, -0.15) is 0 Å². The van der Waals surface area contributed by atoms with Crippen LogP contribution in [0.1, 0.15) is 30.9 Å². The molecule has 0 saturated heterocycles. The zero-order valence-corrected chi connectivity index (χ0v) is 10.9. The van der Waals surface area contributed by atoms with Crippen molar-refractivity contribution in [2.24, 2.45) is 5.92 Å². The van der Waals surface area contributed by atoms with Crippen LogP contribution in [0.15, 0.2) is 24.3 Å². The summed E-state index contributed by atoms with van der Waals surface area (Å²) in [5.41, 5.74) is 1.93. The summed E-state index contributed by atoms with van der Waals surface area (Å²) in [6.45, 7) is 5.33. The van der Waals surface area contributed by atoms with E-state index in [2.05, 4.69) is 5.32 Å². The van der Waals surface area contributed by atoms with Crippen LogP contribution >= 0.6 is 0 Å². The molecule has 0 bridgehead atoms. The van der Waals surface area contributed by atoms with E-state index >= 15 is 0 Å². The van der Waals surface area contributed by atoms with Crippen molar-refractivity contribution in [3.63, 3.8) is 0 Å². The predicted octanol–water partition coefficient (Wildman–Crippen LogP) is 1.59. The fourth-order valence-corrected chi connectivity index (χ4v) is 1.59. The van der Waals surface area contributed by atoms with Crippen LogP contribution in [-0.4, -0.2) is 29.3 Å². The van der Waals surface area contributed by atoms with E-state index in [0.29, 0.717) is 0 Å². The number of aliphatic carboxylic acids is 1. The molecule has 0 saturated carbocycles. The van der Waals surface area contributed by atoms with Crippen molar-refractivity contribution in [2.75, 3.05) is 13.2 Å². The highest BCUT2D eigenvalue weighted by molar-refractivity contribution is 5.75. The molecule has 2 unspecified atom stereocenters. The van der Waals surface area contributed by atoms with E-state index in [-0.39, 0.29) is 12.5 Å². The third-order valence-electron chi connectivity index (χ3n) is 2.98. The van der Waals surface area contributed by atoms with Crippen LogP contribution in [0, 0.1) is 5.92 Å². The average molecular weight is 251 g/mol. The molecule has 0 aliphatic carbocycles. The SMILES string of the molecule is CC(CO)CNCc1ccc(C(C)C(=O)O)cc1. The third-order valence-corrected chi connectivity index (χ3v) is 2.98. The summed E-state index contributed by atoms with van der Waals surface area (Å²) in [4.78, 5) is 10.8. The second kappa shape index (κ2) is 7.13. The smallest absolute Gasteiger partial charge is 0.310 e. The molecule has 0 amide bonds. The van der Waals surface area contributed by atoms with E-state index in [1.165, 1.54) is 0 Å². The summed E-state index contributed by atoms with van der Waals surface area (Å²) in [5, 5.41) is 21.0. The first kappa shape index (κ1) is 14.7. The topological polar surface area (TPSA) is 69.6 Å². The first-order valence-corrected chi connectivity index (χ1v) is 6.17. The Morgan fingerprint density at radius 1 is 1.28 bits per heavy atom. The van der Waals surface area contributed by atoms with Gasteiger partial charge in [0.05, 0.1) is 5.92 Å². The summed E-state index contributed by atoms with van der Waals surface area (Å²) in [6, 6.07) is 7.58. The van der Waals surface area contributed by atoms with Crippen LogP contribution in [0.25, 0.3) is 0 Å². The molecule has 0 aliphatic rings. The molecule has 1 aromatic carbocycles. The first-order valence-electron chi connectivity index (χ1n) is 6.17. The van der Waals surface area contributed by atoms with Gasteiger partial charge in [0, 0.05) is 19.7 Å². The maximum Gasteiger partial charge on any atom is 0.310 e. The summed E-state index contributed by atoms with van der Waals surface area (Å²) < 4.78 is 0. The molecule has 4 heteroatoms. The summed E-state index contributed by atoms with van der Waals surface area (Å²) in [7, 11) is 0. The lowest BCUT2D eigenvalue weighted by Gasteiger charge is -2.11. The van der Waals surface area contributed by atoms with E-state index in [9.17, 15) is 4.79 Å². The van der Waals surface area contributed by atoms with E-state index in [4.69, 9.17) is 10.2 Å². The number of carbonyl (C=O) groups is 1. The molecule has 4 nitrogen and oxygen atoms in total. The average Bonchev–Trinajstić information content (AvgIpc) is 2.38. The first-order chi connectivity index (χ1) is 8.54. The largest absolute Gasteiger partial charge is 0.481 e. The molecule has 2 atom stereocenters. The Hall–Kier alpha value is -1.39. The molecule has 0 fully saturated rings. The van der Waals surface area contributed by atoms with E-state index in [1.54, 1.807) is 6.92 Å². The van der Waals surface area contributed by atoms with Gasteiger partial charge in [-0.3, -0.25) is 4.79 Å². The van der Waals surface area contributed by atoms with Gasteiger partial charge in [-0.05, 0) is 24.0 Å². The van der Waals surface area contributed by atoms with Gasteiger partial charge >= 0.3 is 5.97 Å². The maximum absolute atomic E-state index is 10.8. The van der Waals surface area contributed by atoms with Gasteiger partial charge < -0.3 is 15.5 Å². The zero-order chi connectivity index (χ0) is 13.5. The molecule has 0 aliphatic heterocycles. The molecule has 0 heterocycles. The number of nitrogens with one attached hydrogen (secondary N) is 1. The molecule has 0 radical (unpaired) electrons. The van der Waals surface area contributed by atoms with Gasteiger partial charge in [-0.25, -0.2) is 0 Å². The van der Waals surface area contributed by atoms with Crippen LogP contribution in [0.5, 0.6) is 0 Å². The van der Waals surface area contributed by atoms with Gasteiger partial charge in [0.15, 0.2) is 0 Å². The van der Waals surface area contributed by atoms with Crippen molar-refractivity contribution in [3.05, 3.63) is 35.4 Å². The lowest BCUT2D eigenvalue weighted by atomic mass is 10.00. The molecule has 0 spiro atoms. The van der Waals surface area contributed by atoms with E-state index < -0.39 is 11.9 Å². The van der Waals surface area contributed by atoms with Gasteiger partial charge in [-0.1, -0.05) is 31.2 Å². The van der Waals surface area contributed by atoms with Crippen LogP contribution in [0.3, 0.4) is 0 Å². The number of aliphatic hydroxyl groups is 1. The Labute approximate surface area is 108 Å². The van der Waals surface area contributed by atoms with Gasteiger partial charge in [0.2, 0.25) is 0 Å². The fourth-order valence-electron chi connectivity index (χ4n) is 1.59. The van der Waals surface area contributed by atoms with Crippen LogP contribution in [-0.2, 0) is 11.3 Å². The third kappa shape index (κ3) is 4.47. The minimum Gasteiger partial charge on any atom is -0.481 e. The maximum atomic E-state index is 10.8. The second-order valence-corrected chi connectivity index (χ2v) is 4.72. The minimum atomic E-state index is -0.808. The molecular formula is C14H21NO3. The van der Waals surface area contributed by atoms with Crippen LogP contribution in [0.4, 0.5) is 0 Å². The van der Waals surface area contributed by atoms with Gasteiger partial charge in [-0.15, -0.1) is 0 Å². The number of carboxylic acids is 1. The lowest BCUT2D eigenvalue weighted by molar-refractivity contribution is -0.138. The normalized spacial score (nSPS) is 14.2. The predicted molar refractivity (Wildman–Crippen MR) is 70.4 cm³/mol. The van der Waals surface area contributed by atoms with E-state index in [0.717, 1.165) is 24.2 Å². The lowest BCUT2D eigenvalue weighted by Crippen LogP contribution is -2.22. The number of carboxylic acid groups (broad SMARTS) is 1. The Balaban J connectivity index is 2.48. The zero-order valence-electron chi connectivity index (χ0n) is 10.9. The van der Waals surface area contributed by atoms with Crippen LogP contribution in [0.2, 0.25) is 0 Å². The monoisotopic (exact) mass is 251 g/mol. The van der Waals surface area contributed by atoms with Crippen LogP contribution < -0.4 is 5.32 Å². The highest BCUT2D eigenvalue weighted by Gasteiger charge is 2.12. The standard InChI is InChI=1S/C14H21NO3/c1-10(9-16)7-15-8-12-3-5-13(6-4-12)11(2)14(17)18/h3-6,10-11,15-16H,7-9H2,1-2H3,(H,17,18). The Morgan fingerprint density at radius 3 is 2.39 bits per heavy atom. The van der Waals surface area contributed by atoms with Crippen molar-refractivity contribution >= 4 is 5.97 Å². The van der Waals surface area contributed by atoms with Gasteiger partial charge in [0.1, 0.15) is 0 Å². The quantitative estimate of drug-likeness (QED) is 0.688. The molecule has 0 aromatic heterocycles. The van der Waals surface area contributed by atoms with Gasteiger partial charge in [0.25, 0.3) is 0 Å². The van der Waals surface area contributed by atoms with E-state index in [1.807, 2.05) is 31.2 Å². The Morgan fingerprint density at radius 2 is 1.89 bits per heavy atom. The molecular weight excluding hydrogens is 230 g/mol. The number of rotatable bonds is 7. The van der Waals surface area contributed by atoms with Crippen molar-refractivity contribution in [1.29, 1.82) is 0 Å². The van der Waals surface area contributed by atoms with Crippen molar-refractivity contribution in [3.8, 4) is 0 Å². The molecule has 3 N–H and O–H groups in total. The molecule has 1 rings (SSSR count). The Bertz CT molecular complexity index is 375. The van der Waals surface area contributed by atoms with Crippen molar-refractivity contribution < 1.29 is 15.0 Å². The summed E-state index contributed by atoms with van der Waals surface area (Å²) >= 11 is 0. The number of benzene rings is 1. The fraction of sp³-hybridized carbons (Fsp3) is 0.500.